The Kier molecular flexibility index (Phi) is 8.97. The number of nitriles is 2. The standard InChI is InChI=1S/C12H21N2OP/c1-2-3-10-16(15,11-6-4-8-13)12-7-5-9-14/h2-7,10-12H2,1H3. The van der Waals surface area contributed by atoms with E-state index in [1.165, 1.54) is 0 Å². The molecule has 0 heterocycles. The lowest BCUT2D eigenvalue weighted by atomic mass is 10.4. The molecule has 0 spiro atoms. The summed E-state index contributed by atoms with van der Waals surface area (Å²) >= 11 is 0. The fraction of sp³-hybridized carbons (Fsp3) is 0.833. The Morgan fingerprint density at radius 2 is 1.38 bits per heavy atom. The average molecular weight is 240 g/mol. The number of rotatable bonds is 9. The Morgan fingerprint density at radius 3 is 1.75 bits per heavy atom. The predicted octanol–water partition coefficient (Wildman–Crippen LogP) is 3.76. The van der Waals surface area contributed by atoms with Crippen LogP contribution in [-0.2, 0) is 4.57 Å². The van der Waals surface area contributed by atoms with Crippen molar-refractivity contribution in [3.63, 3.8) is 0 Å². The van der Waals surface area contributed by atoms with Crippen molar-refractivity contribution in [2.45, 2.75) is 45.4 Å². The molecule has 0 fully saturated rings. The second-order valence-electron chi connectivity index (χ2n) is 4.11. The summed E-state index contributed by atoms with van der Waals surface area (Å²) in [6, 6.07) is 4.18. The minimum absolute atomic E-state index is 0.494. The maximum absolute atomic E-state index is 12.5. The van der Waals surface area contributed by atoms with Gasteiger partial charge < -0.3 is 4.57 Å². The first-order valence-electron chi connectivity index (χ1n) is 5.99. The molecule has 0 bridgehead atoms. The molecule has 0 aliphatic heterocycles. The van der Waals surface area contributed by atoms with Crippen LogP contribution in [0.1, 0.15) is 45.4 Å². The van der Waals surface area contributed by atoms with Gasteiger partial charge in [-0.2, -0.15) is 10.5 Å². The molecule has 0 aromatic carbocycles. The summed E-state index contributed by atoms with van der Waals surface area (Å²) < 4.78 is 12.5. The molecule has 0 amide bonds. The van der Waals surface area contributed by atoms with Crippen molar-refractivity contribution in [3.05, 3.63) is 0 Å². The lowest BCUT2D eigenvalue weighted by Gasteiger charge is -2.16. The molecule has 0 rings (SSSR count). The van der Waals surface area contributed by atoms with E-state index in [1.807, 2.05) is 0 Å². The van der Waals surface area contributed by atoms with Crippen LogP contribution in [0.3, 0.4) is 0 Å². The quantitative estimate of drug-likeness (QED) is 0.455. The van der Waals surface area contributed by atoms with Crippen molar-refractivity contribution in [1.29, 1.82) is 10.5 Å². The maximum Gasteiger partial charge on any atom is 0.0878 e. The van der Waals surface area contributed by atoms with Gasteiger partial charge in [0.25, 0.3) is 0 Å². The van der Waals surface area contributed by atoms with Crippen LogP contribution in [-0.4, -0.2) is 18.5 Å². The Morgan fingerprint density at radius 1 is 0.938 bits per heavy atom. The highest BCUT2D eigenvalue weighted by molar-refractivity contribution is 7.63. The van der Waals surface area contributed by atoms with Crippen molar-refractivity contribution in [2.75, 3.05) is 18.5 Å². The van der Waals surface area contributed by atoms with Gasteiger partial charge >= 0.3 is 0 Å². The monoisotopic (exact) mass is 240 g/mol. The lowest BCUT2D eigenvalue weighted by molar-refractivity contribution is 0.568. The zero-order valence-electron chi connectivity index (χ0n) is 10.1. The summed E-state index contributed by atoms with van der Waals surface area (Å²) in [5.74, 6) is 0. The maximum atomic E-state index is 12.5. The molecule has 90 valence electrons. The van der Waals surface area contributed by atoms with Crippen LogP contribution in [0, 0.1) is 22.7 Å². The van der Waals surface area contributed by atoms with Crippen molar-refractivity contribution < 1.29 is 4.57 Å². The van der Waals surface area contributed by atoms with E-state index in [0.717, 1.165) is 31.8 Å². The molecule has 0 saturated heterocycles. The highest BCUT2D eigenvalue weighted by Gasteiger charge is 2.20. The third kappa shape index (κ3) is 7.49. The molecule has 0 atom stereocenters. The predicted molar refractivity (Wildman–Crippen MR) is 66.8 cm³/mol. The Labute approximate surface area is 98.8 Å². The van der Waals surface area contributed by atoms with E-state index in [1.54, 1.807) is 0 Å². The molecular formula is C12H21N2OP. The number of hydrogen-bond acceptors (Lipinski definition) is 3. The molecule has 0 aromatic heterocycles. The van der Waals surface area contributed by atoms with Crippen LogP contribution in [0.2, 0.25) is 0 Å². The van der Waals surface area contributed by atoms with Gasteiger partial charge in [0.1, 0.15) is 0 Å². The van der Waals surface area contributed by atoms with Gasteiger partial charge in [0.15, 0.2) is 0 Å². The summed E-state index contributed by atoms with van der Waals surface area (Å²) in [6.45, 7) is 2.09. The van der Waals surface area contributed by atoms with Gasteiger partial charge in [-0.15, -0.1) is 0 Å². The molecule has 0 radical (unpaired) electrons. The van der Waals surface area contributed by atoms with Crippen molar-refractivity contribution in [2.24, 2.45) is 0 Å². The SMILES string of the molecule is CCCCP(=O)(CCCC#N)CCCC#N. The highest BCUT2D eigenvalue weighted by Crippen LogP contribution is 2.48. The second kappa shape index (κ2) is 9.44. The molecule has 0 saturated carbocycles. The van der Waals surface area contributed by atoms with E-state index in [-0.39, 0.29) is 0 Å². The summed E-state index contributed by atoms with van der Waals surface area (Å²) in [4.78, 5) is 0. The zero-order chi connectivity index (χ0) is 12.3. The minimum atomic E-state index is -2.10. The van der Waals surface area contributed by atoms with Gasteiger partial charge in [0.2, 0.25) is 0 Å². The fourth-order valence-corrected chi connectivity index (χ4v) is 4.71. The molecule has 0 aromatic rings. The van der Waals surface area contributed by atoms with Crippen molar-refractivity contribution in [1.82, 2.24) is 0 Å². The van der Waals surface area contributed by atoms with Gasteiger partial charge in [-0.1, -0.05) is 13.3 Å². The molecule has 4 heteroatoms. The van der Waals surface area contributed by atoms with Crippen LogP contribution in [0.15, 0.2) is 0 Å². The fourth-order valence-electron chi connectivity index (χ4n) is 1.67. The number of nitrogens with zero attached hydrogens (tertiary/aromatic N) is 2. The molecule has 0 unspecified atom stereocenters. The first-order valence-corrected chi connectivity index (χ1v) is 8.26. The van der Waals surface area contributed by atoms with Crippen molar-refractivity contribution in [3.8, 4) is 12.1 Å². The zero-order valence-corrected chi connectivity index (χ0v) is 11.0. The molecule has 16 heavy (non-hydrogen) atoms. The van der Waals surface area contributed by atoms with Gasteiger partial charge in [0.05, 0.1) is 19.3 Å². The van der Waals surface area contributed by atoms with Crippen LogP contribution in [0.5, 0.6) is 0 Å². The molecule has 0 N–H and O–H groups in total. The van der Waals surface area contributed by atoms with E-state index in [4.69, 9.17) is 10.5 Å². The highest BCUT2D eigenvalue weighted by atomic mass is 31.2. The molecule has 0 aliphatic rings. The van der Waals surface area contributed by atoms with E-state index in [0.29, 0.717) is 25.2 Å². The first kappa shape index (κ1) is 15.2. The van der Waals surface area contributed by atoms with Gasteiger partial charge in [-0.3, -0.25) is 0 Å². The van der Waals surface area contributed by atoms with Crippen LogP contribution in [0.4, 0.5) is 0 Å². The Bertz CT molecular complexity index is 277. The molecular weight excluding hydrogens is 219 g/mol. The third-order valence-corrected chi connectivity index (χ3v) is 6.02. The van der Waals surface area contributed by atoms with E-state index >= 15 is 0 Å². The van der Waals surface area contributed by atoms with E-state index < -0.39 is 7.14 Å². The molecule has 3 nitrogen and oxygen atoms in total. The normalized spacial score (nSPS) is 10.7. The first-order chi connectivity index (χ1) is 7.68. The minimum Gasteiger partial charge on any atom is -0.324 e. The van der Waals surface area contributed by atoms with Gasteiger partial charge in [-0.25, -0.2) is 0 Å². The number of hydrogen-bond donors (Lipinski definition) is 0. The summed E-state index contributed by atoms with van der Waals surface area (Å²) in [5.41, 5.74) is 0. The van der Waals surface area contributed by atoms with E-state index in [9.17, 15) is 4.57 Å². The average Bonchev–Trinajstić information content (AvgIpc) is 2.27. The van der Waals surface area contributed by atoms with Crippen LogP contribution >= 0.6 is 7.14 Å². The van der Waals surface area contributed by atoms with E-state index in [2.05, 4.69) is 19.1 Å². The largest absolute Gasteiger partial charge is 0.324 e. The summed E-state index contributed by atoms with van der Waals surface area (Å²) in [6.07, 6.45) is 6.69. The lowest BCUT2D eigenvalue weighted by Crippen LogP contribution is -2.01. The topological polar surface area (TPSA) is 64.7 Å². The number of unbranched alkanes of at least 4 members (excludes halogenated alkanes) is 3. The smallest absolute Gasteiger partial charge is 0.0878 e. The van der Waals surface area contributed by atoms with Gasteiger partial charge in [-0.05, 0) is 19.3 Å². The summed E-state index contributed by atoms with van der Waals surface area (Å²) in [7, 11) is -2.10. The Balaban J connectivity index is 4.09. The van der Waals surface area contributed by atoms with Crippen LogP contribution in [0.25, 0.3) is 0 Å². The third-order valence-electron chi connectivity index (χ3n) is 2.63. The summed E-state index contributed by atoms with van der Waals surface area (Å²) in [5, 5.41) is 16.9. The van der Waals surface area contributed by atoms with Gasteiger partial charge in [0, 0.05) is 31.3 Å². The Hall–Kier alpha value is -0.790. The second-order valence-corrected chi connectivity index (χ2v) is 7.56. The van der Waals surface area contributed by atoms with Crippen LogP contribution < -0.4 is 0 Å². The molecule has 0 aliphatic carbocycles. The van der Waals surface area contributed by atoms with Crippen molar-refractivity contribution >= 4 is 7.14 Å².